The molecule has 0 aliphatic heterocycles. The molecule has 0 amide bonds. The number of nitrogens with zero attached hydrogens (tertiary/aromatic N) is 3. The second kappa shape index (κ2) is 14.4. The standard InChI is InChI=1S/C59H39N3OSi/c1-3-20-43(21-4-1)64(44-22-5-2-6-23-44,56-33-16-28-49-48-27-10-14-32-55(48)63-59(49)56)58-35-17-34-57(60-58)62-53-31-13-9-26-47(53)50-39-41(36-37-54(50)62)40-18-15-19-42(38-40)61-51-29-11-7-24-45(51)46-25-8-12-30-52(46)61/h1-39H. The molecule has 0 saturated heterocycles. The lowest BCUT2D eigenvalue weighted by molar-refractivity contribution is 0.671. The molecule has 4 aromatic heterocycles. The molecule has 64 heavy (non-hydrogen) atoms. The van der Waals surface area contributed by atoms with Gasteiger partial charge in [-0.05, 0) is 87.4 Å². The van der Waals surface area contributed by atoms with E-state index in [0.29, 0.717) is 0 Å². The molecule has 0 bridgehead atoms. The van der Waals surface area contributed by atoms with E-state index in [1.807, 2.05) is 6.07 Å². The molecule has 300 valence electrons. The summed E-state index contributed by atoms with van der Waals surface area (Å²) < 4.78 is 11.6. The Hall–Kier alpha value is -8.25. The van der Waals surface area contributed by atoms with Gasteiger partial charge in [0.25, 0.3) is 0 Å². The highest BCUT2D eigenvalue weighted by Gasteiger charge is 2.45. The predicted molar refractivity (Wildman–Crippen MR) is 269 cm³/mol. The van der Waals surface area contributed by atoms with Crippen LogP contribution in [0.1, 0.15) is 0 Å². The van der Waals surface area contributed by atoms with Crippen LogP contribution in [-0.2, 0) is 0 Å². The number of furan rings is 1. The molecule has 0 saturated carbocycles. The van der Waals surface area contributed by atoms with E-state index in [0.717, 1.165) is 49.8 Å². The van der Waals surface area contributed by atoms with Gasteiger partial charge in [-0.25, -0.2) is 4.98 Å². The van der Waals surface area contributed by atoms with Crippen LogP contribution in [0.15, 0.2) is 241 Å². The first-order valence-electron chi connectivity index (χ1n) is 21.9. The molecule has 5 heteroatoms. The summed E-state index contributed by atoms with van der Waals surface area (Å²) in [6, 6.07) is 85.6. The van der Waals surface area contributed by atoms with Crippen LogP contribution >= 0.6 is 0 Å². The molecule has 13 rings (SSSR count). The molecule has 4 nitrogen and oxygen atoms in total. The van der Waals surface area contributed by atoms with Crippen LogP contribution in [0.25, 0.3) is 88.2 Å². The fraction of sp³-hybridized carbons (Fsp3) is 0. The minimum atomic E-state index is -3.14. The van der Waals surface area contributed by atoms with Gasteiger partial charge in [0.1, 0.15) is 17.0 Å². The third-order valence-corrected chi connectivity index (χ3v) is 17.9. The third kappa shape index (κ3) is 5.38. The largest absolute Gasteiger partial charge is 0.456 e. The quantitative estimate of drug-likeness (QED) is 0.118. The normalized spacial score (nSPS) is 12.1. The summed E-state index contributed by atoms with van der Waals surface area (Å²) in [5.74, 6) is 0.880. The Bertz CT molecular complexity index is 3830. The number of hydrogen-bond acceptors (Lipinski definition) is 2. The first-order valence-corrected chi connectivity index (χ1v) is 23.9. The maximum Gasteiger partial charge on any atom is 0.205 e. The lowest BCUT2D eigenvalue weighted by atomic mass is 10.0. The SMILES string of the molecule is c1ccc([Si](c2ccccc2)(c2cccc(-n3c4ccccc4c4cc(-c5cccc(-n6c7ccccc7c7ccccc76)c5)ccc43)n2)c2cccc3c2oc2ccccc23)cc1. The van der Waals surface area contributed by atoms with E-state index in [1.165, 1.54) is 59.3 Å². The number of hydrogen-bond donors (Lipinski definition) is 0. The number of pyridine rings is 1. The molecule has 13 aromatic rings. The van der Waals surface area contributed by atoms with Crippen molar-refractivity contribution >= 4 is 94.5 Å². The highest BCUT2D eigenvalue weighted by molar-refractivity contribution is 7.20. The maximum atomic E-state index is 6.89. The number of rotatable bonds is 7. The Balaban J connectivity index is 1.02. The second-order valence-electron chi connectivity index (χ2n) is 16.6. The number of fused-ring (bicyclic) bond motifs is 9. The van der Waals surface area contributed by atoms with Gasteiger partial charge in [-0.3, -0.25) is 4.57 Å². The van der Waals surface area contributed by atoms with Crippen molar-refractivity contribution in [1.29, 1.82) is 0 Å². The lowest BCUT2D eigenvalue weighted by Crippen LogP contribution is -2.75. The van der Waals surface area contributed by atoms with Gasteiger partial charge in [0.2, 0.25) is 8.07 Å². The zero-order valence-corrected chi connectivity index (χ0v) is 35.8. The molecule has 4 heterocycles. The Morgan fingerprint density at radius 1 is 0.359 bits per heavy atom. The molecular weight excluding hydrogens is 795 g/mol. The molecule has 0 radical (unpaired) electrons. The van der Waals surface area contributed by atoms with Crippen LogP contribution in [0.4, 0.5) is 0 Å². The zero-order valence-electron chi connectivity index (χ0n) is 34.8. The van der Waals surface area contributed by atoms with Crippen molar-refractivity contribution in [2.75, 3.05) is 0 Å². The summed E-state index contributed by atoms with van der Waals surface area (Å²) in [5.41, 5.74) is 9.91. The van der Waals surface area contributed by atoms with Gasteiger partial charge in [-0.2, -0.15) is 0 Å². The van der Waals surface area contributed by atoms with Gasteiger partial charge in [0.15, 0.2) is 0 Å². The van der Waals surface area contributed by atoms with Crippen molar-refractivity contribution in [2.24, 2.45) is 0 Å². The number of benzene rings is 9. The average molecular weight is 834 g/mol. The van der Waals surface area contributed by atoms with Gasteiger partial charge in [0.05, 0.1) is 22.1 Å². The summed E-state index contributed by atoms with van der Waals surface area (Å²) >= 11 is 0. The molecule has 0 atom stereocenters. The van der Waals surface area contributed by atoms with Crippen LogP contribution in [0, 0.1) is 0 Å². The van der Waals surface area contributed by atoms with Gasteiger partial charge in [0, 0.05) is 43.3 Å². The van der Waals surface area contributed by atoms with E-state index in [4.69, 9.17) is 9.40 Å². The summed E-state index contributed by atoms with van der Waals surface area (Å²) in [5, 5.41) is 11.8. The second-order valence-corrected chi connectivity index (χ2v) is 20.4. The zero-order chi connectivity index (χ0) is 42.2. The van der Waals surface area contributed by atoms with E-state index < -0.39 is 8.07 Å². The average Bonchev–Trinajstić information content (AvgIpc) is 4.03. The Labute approximate surface area is 370 Å². The molecule has 0 N–H and O–H groups in total. The van der Waals surface area contributed by atoms with Crippen molar-refractivity contribution < 1.29 is 4.42 Å². The van der Waals surface area contributed by atoms with Crippen LogP contribution in [0.2, 0.25) is 0 Å². The number of aromatic nitrogens is 3. The van der Waals surface area contributed by atoms with Crippen molar-refractivity contribution in [1.82, 2.24) is 14.1 Å². The molecule has 0 aliphatic rings. The van der Waals surface area contributed by atoms with Crippen LogP contribution in [-0.4, -0.2) is 22.2 Å². The lowest BCUT2D eigenvalue weighted by Gasteiger charge is -2.33. The molecule has 0 aliphatic carbocycles. The predicted octanol–water partition coefficient (Wildman–Crippen LogP) is 12.2. The minimum Gasteiger partial charge on any atom is -0.456 e. The maximum absolute atomic E-state index is 6.89. The molecule has 0 unspecified atom stereocenters. The van der Waals surface area contributed by atoms with Crippen LogP contribution in [0.3, 0.4) is 0 Å². The van der Waals surface area contributed by atoms with E-state index >= 15 is 0 Å². The van der Waals surface area contributed by atoms with Gasteiger partial charge in [-0.15, -0.1) is 0 Å². The van der Waals surface area contributed by atoms with Crippen molar-refractivity contribution in [3.05, 3.63) is 237 Å². The minimum absolute atomic E-state index is 0.880. The monoisotopic (exact) mass is 833 g/mol. The fourth-order valence-corrected chi connectivity index (χ4v) is 15.2. The summed E-state index contributed by atoms with van der Waals surface area (Å²) in [7, 11) is -3.14. The van der Waals surface area contributed by atoms with Crippen molar-refractivity contribution in [3.63, 3.8) is 0 Å². The number of para-hydroxylation sites is 5. The van der Waals surface area contributed by atoms with Gasteiger partial charge in [-0.1, -0.05) is 176 Å². The van der Waals surface area contributed by atoms with Crippen LogP contribution < -0.4 is 20.9 Å². The van der Waals surface area contributed by atoms with Gasteiger partial charge < -0.3 is 8.98 Å². The van der Waals surface area contributed by atoms with Gasteiger partial charge >= 0.3 is 0 Å². The van der Waals surface area contributed by atoms with E-state index in [9.17, 15) is 0 Å². The first kappa shape index (κ1) is 36.4. The molecular formula is C59H39N3OSi. The fourth-order valence-electron chi connectivity index (χ4n) is 10.5. The molecule has 0 spiro atoms. The Morgan fingerprint density at radius 2 is 0.891 bits per heavy atom. The summed E-state index contributed by atoms with van der Waals surface area (Å²) in [4.78, 5) is 5.83. The molecule has 0 fully saturated rings. The first-order chi connectivity index (χ1) is 31.8. The smallest absolute Gasteiger partial charge is 0.205 e. The summed E-state index contributed by atoms with van der Waals surface area (Å²) in [6.45, 7) is 0. The summed E-state index contributed by atoms with van der Waals surface area (Å²) in [6.07, 6.45) is 0. The highest BCUT2D eigenvalue weighted by Crippen LogP contribution is 2.37. The topological polar surface area (TPSA) is 35.9 Å². The highest BCUT2D eigenvalue weighted by atomic mass is 28.3. The van der Waals surface area contributed by atoms with Crippen molar-refractivity contribution in [3.8, 4) is 22.6 Å². The third-order valence-electron chi connectivity index (χ3n) is 13.3. The Kier molecular flexibility index (Phi) is 8.20. The van der Waals surface area contributed by atoms with E-state index in [1.54, 1.807) is 0 Å². The van der Waals surface area contributed by atoms with Crippen LogP contribution in [0.5, 0.6) is 0 Å². The van der Waals surface area contributed by atoms with E-state index in [-0.39, 0.29) is 0 Å². The van der Waals surface area contributed by atoms with Crippen molar-refractivity contribution in [2.45, 2.75) is 0 Å². The van der Waals surface area contributed by atoms with E-state index in [2.05, 4.69) is 240 Å². The molecule has 9 aromatic carbocycles. The Morgan fingerprint density at radius 3 is 1.59 bits per heavy atom.